The average Bonchev–Trinajstić information content (AvgIpc) is 2.89. The third-order valence-electron chi connectivity index (χ3n) is 3.78. The number of carbonyl (C=O) groups excluding carboxylic acids is 1. The van der Waals surface area contributed by atoms with Gasteiger partial charge in [-0.15, -0.1) is 0 Å². The maximum Gasteiger partial charge on any atom is 0.358 e. The number of methoxy groups -OCH3 is 2. The highest BCUT2D eigenvalue weighted by molar-refractivity contribution is 5.86. The minimum atomic E-state index is -0.487. The van der Waals surface area contributed by atoms with Gasteiger partial charge in [-0.25, -0.2) is 14.8 Å². The van der Waals surface area contributed by atoms with E-state index in [-0.39, 0.29) is 11.7 Å². The van der Waals surface area contributed by atoms with E-state index >= 15 is 0 Å². The standard InChI is InChI=1S/C16H17N3O3/c1-10-6-11-7-12(21-2)4-5-14(11)19(10)15-9-17-13(8-18-15)16(20)22-3/h4-5,7-10H,6H2,1-3H3. The van der Waals surface area contributed by atoms with Crippen LogP contribution in [0.3, 0.4) is 0 Å². The molecule has 1 atom stereocenters. The summed E-state index contributed by atoms with van der Waals surface area (Å²) in [5.74, 6) is 1.07. The first-order valence-electron chi connectivity index (χ1n) is 7.00. The highest BCUT2D eigenvalue weighted by Gasteiger charge is 2.28. The first-order valence-corrected chi connectivity index (χ1v) is 7.00. The third kappa shape index (κ3) is 2.36. The molecule has 0 saturated heterocycles. The van der Waals surface area contributed by atoms with E-state index in [4.69, 9.17) is 4.74 Å². The van der Waals surface area contributed by atoms with Crippen LogP contribution in [0.25, 0.3) is 0 Å². The summed E-state index contributed by atoms with van der Waals surface area (Å²) in [6.45, 7) is 2.13. The number of hydrogen-bond donors (Lipinski definition) is 0. The van der Waals surface area contributed by atoms with E-state index in [1.165, 1.54) is 18.9 Å². The number of fused-ring (bicyclic) bond motifs is 1. The summed E-state index contributed by atoms with van der Waals surface area (Å²) in [7, 11) is 2.99. The average molecular weight is 299 g/mol. The van der Waals surface area contributed by atoms with Crippen LogP contribution in [0.1, 0.15) is 23.0 Å². The van der Waals surface area contributed by atoms with Crippen molar-refractivity contribution in [3.05, 3.63) is 41.9 Å². The van der Waals surface area contributed by atoms with Gasteiger partial charge in [-0.05, 0) is 37.1 Å². The zero-order valence-corrected chi connectivity index (χ0v) is 12.7. The van der Waals surface area contributed by atoms with Crippen molar-refractivity contribution in [2.24, 2.45) is 0 Å². The zero-order chi connectivity index (χ0) is 15.7. The molecule has 22 heavy (non-hydrogen) atoms. The molecule has 0 amide bonds. The molecule has 0 radical (unpaired) electrons. The Labute approximate surface area is 128 Å². The molecule has 0 N–H and O–H groups in total. The van der Waals surface area contributed by atoms with Crippen LogP contribution in [0, 0.1) is 0 Å². The Hall–Kier alpha value is -2.63. The maximum absolute atomic E-state index is 11.4. The van der Waals surface area contributed by atoms with E-state index in [0.717, 1.165) is 17.9 Å². The van der Waals surface area contributed by atoms with Crippen LogP contribution in [-0.4, -0.2) is 36.2 Å². The van der Waals surface area contributed by atoms with Crippen LogP contribution >= 0.6 is 0 Å². The summed E-state index contributed by atoms with van der Waals surface area (Å²) in [4.78, 5) is 22.0. The van der Waals surface area contributed by atoms with E-state index in [1.807, 2.05) is 18.2 Å². The second kappa shape index (κ2) is 5.63. The Morgan fingerprint density at radius 3 is 2.73 bits per heavy atom. The number of ether oxygens (including phenoxy) is 2. The third-order valence-corrected chi connectivity index (χ3v) is 3.78. The van der Waals surface area contributed by atoms with Gasteiger partial charge in [0.05, 0.1) is 26.6 Å². The van der Waals surface area contributed by atoms with Gasteiger partial charge in [0.1, 0.15) is 5.75 Å². The SMILES string of the molecule is COC(=O)c1cnc(N2c3ccc(OC)cc3CC2C)cn1. The van der Waals surface area contributed by atoms with Crippen molar-refractivity contribution < 1.29 is 14.3 Å². The van der Waals surface area contributed by atoms with E-state index in [9.17, 15) is 4.79 Å². The van der Waals surface area contributed by atoms with Gasteiger partial charge in [-0.3, -0.25) is 0 Å². The molecule has 1 aliphatic heterocycles. The first kappa shape index (κ1) is 14.3. The fourth-order valence-electron chi connectivity index (χ4n) is 2.74. The van der Waals surface area contributed by atoms with E-state index in [0.29, 0.717) is 5.82 Å². The molecule has 1 unspecified atom stereocenters. The Morgan fingerprint density at radius 2 is 2.09 bits per heavy atom. The number of esters is 1. The molecule has 1 aromatic carbocycles. The molecule has 0 aliphatic carbocycles. The molecule has 6 nitrogen and oxygen atoms in total. The number of rotatable bonds is 3. The lowest BCUT2D eigenvalue weighted by atomic mass is 10.1. The molecule has 6 heteroatoms. The topological polar surface area (TPSA) is 64.5 Å². The Bertz CT molecular complexity index is 700. The van der Waals surface area contributed by atoms with Crippen molar-refractivity contribution in [1.82, 2.24) is 9.97 Å². The fraction of sp³-hybridized carbons (Fsp3) is 0.312. The molecule has 0 fully saturated rings. The fourth-order valence-corrected chi connectivity index (χ4v) is 2.74. The van der Waals surface area contributed by atoms with Gasteiger partial charge in [0.2, 0.25) is 0 Å². The second-order valence-corrected chi connectivity index (χ2v) is 5.17. The highest BCUT2D eigenvalue weighted by Crippen LogP contribution is 2.38. The van der Waals surface area contributed by atoms with Crippen LogP contribution in [0.2, 0.25) is 0 Å². The first-order chi connectivity index (χ1) is 10.6. The monoisotopic (exact) mass is 299 g/mol. The highest BCUT2D eigenvalue weighted by atomic mass is 16.5. The smallest absolute Gasteiger partial charge is 0.358 e. The van der Waals surface area contributed by atoms with Gasteiger partial charge in [-0.2, -0.15) is 0 Å². The van der Waals surface area contributed by atoms with Crippen molar-refractivity contribution >= 4 is 17.5 Å². The number of nitrogens with zero attached hydrogens (tertiary/aromatic N) is 3. The molecule has 0 bridgehead atoms. The second-order valence-electron chi connectivity index (χ2n) is 5.17. The molecule has 0 saturated carbocycles. The van der Waals surface area contributed by atoms with E-state index in [1.54, 1.807) is 13.3 Å². The lowest BCUT2D eigenvalue weighted by Gasteiger charge is -2.23. The number of carbonyl (C=O) groups is 1. The van der Waals surface area contributed by atoms with Gasteiger partial charge >= 0.3 is 5.97 Å². The van der Waals surface area contributed by atoms with Crippen LogP contribution in [0.4, 0.5) is 11.5 Å². The van der Waals surface area contributed by atoms with Gasteiger partial charge in [-0.1, -0.05) is 0 Å². The van der Waals surface area contributed by atoms with Gasteiger partial charge in [0.25, 0.3) is 0 Å². The number of benzene rings is 1. The lowest BCUT2D eigenvalue weighted by Crippen LogP contribution is -2.25. The molecule has 3 rings (SSSR count). The van der Waals surface area contributed by atoms with Crippen LogP contribution in [0.15, 0.2) is 30.6 Å². The normalized spacial score (nSPS) is 16.3. The van der Waals surface area contributed by atoms with Crippen LogP contribution in [-0.2, 0) is 11.2 Å². The number of aromatic nitrogens is 2. The van der Waals surface area contributed by atoms with E-state index < -0.39 is 5.97 Å². The quantitative estimate of drug-likeness (QED) is 0.811. The number of anilines is 2. The summed E-state index contributed by atoms with van der Waals surface area (Å²) < 4.78 is 9.91. The van der Waals surface area contributed by atoms with Crippen molar-refractivity contribution in [3.63, 3.8) is 0 Å². The summed E-state index contributed by atoms with van der Waals surface area (Å²) >= 11 is 0. The molecule has 2 heterocycles. The Kier molecular flexibility index (Phi) is 3.66. The summed E-state index contributed by atoms with van der Waals surface area (Å²) in [6, 6.07) is 6.26. The molecular weight excluding hydrogens is 282 g/mol. The molecule has 2 aromatic rings. The van der Waals surface area contributed by atoms with Crippen molar-refractivity contribution in [3.8, 4) is 5.75 Å². The molecule has 114 valence electrons. The van der Waals surface area contributed by atoms with Gasteiger partial charge < -0.3 is 14.4 Å². The Balaban J connectivity index is 1.94. The van der Waals surface area contributed by atoms with Crippen molar-refractivity contribution in [2.45, 2.75) is 19.4 Å². The molecule has 1 aliphatic rings. The maximum atomic E-state index is 11.4. The molecule has 0 spiro atoms. The predicted molar refractivity (Wildman–Crippen MR) is 81.7 cm³/mol. The van der Waals surface area contributed by atoms with Crippen molar-refractivity contribution in [2.75, 3.05) is 19.1 Å². The summed E-state index contributed by atoms with van der Waals surface area (Å²) in [5.41, 5.74) is 2.51. The van der Waals surface area contributed by atoms with E-state index in [2.05, 4.69) is 26.5 Å². The zero-order valence-electron chi connectivity index (χ0n) is 12.7. The molecule has 1 aromatic heterocycles. The molecular formula is C16H17N3O3. The minimum Gasteiger partial charge on any atom is -0.497 e. The van der Waals surface area contributed by atoms with Crippen LogP contribution in [0.5, 0.6) is 5.75 Å². The largest absolute Gasteiger partial charge is 0.497 e. The van der Waals surface area contributed by atoms with Gasteiger partial charge in [0.15, 0.2) is 11.5 Å². The predicted octanol–water partition coefficient (Wildman–Crippen LogP) is 2.35. The summed E-state index contributed by atoms with van der Waals surface area (Å²) in [6.07, 6.45) is 3.95. The summed E-state index contributed by atoms with van der Waals surface area (Å²) in [5, 5.41) is 0. The number of hydrogen-bond acceptors (Lipinski definition) is 6. The van der Waals surface area contributed by atoms with Gasteiger partial charge in [0, 0.05) is 11.7 Å². The van der Waals surface area contributed by atoms with Crippen molar-refractivity contribution in [1.29, 1.82) is 0 Å². The minimum absolute atomic E-state index is 0.202. The lowest BCUT2D eigenvalue weighted by molar-refractivity contribution is 0.0593. The Morgan fingerprint density at radius 1 is 1.27 bits per heavy atom. The van der Waals surface area contributed by atoms with Crippen LogP contribution < -0.4 is 9.64 Å².